The van der Waals surface area contributed by atoms with Crippen LogP contribution in [0.1, 0.15) is 42.5 Å². The van der Waals surface area contributed by atoms with E-state index in [0.717, 1.165) is 32.1 Å². The Hall–Kier alpha value is -1.67. The van der Waals surface area contributed by atoms with E-state index in [2.05, 4.69) is 10.3 Å². The number of pyridine rings is 1. The summed E-state index contributed by atoms with van der Waals surface area (Å²) in [6.07, 6.45) is 5.50. The normalized spacial score (nSPS) is 27.7. The van der Waals surface area contributed by atoms with Crippen LogP contribution in [0, 0.1) is 0 Å². The van der Waals surface area contributed by atoms with Crippen molar-refractivity contribution in [3.8, 4) is 0 Å². The highest BCUT2D eigenvalue weighted by Crippen LogP contribution is 2.30. The van der Waals surface area contributed by atoms with Crippen LogP contribution in [0.15, 0.2) is 18.3 Å². The number of sulfonamides is 1. The van der Waals surface area contributed by atoms with Crippen molar-refractivity contribution in [1.82, 2.24) is 9.29 Å². The lowest BCUT2D eigenvalue weighted by atomic mass is 9.91. The van der Waals surface area contributed by atoms with E-state index in [1.165, 1.54) is 6.07 Å². The van der Waals surface area contributed by atoms with Crippen molar-refractivity contribution in [2.45, 2.75) is 44.2 Å². The molecule has 0 amide bonds. The number of anilines is 1. The average Bonchev–Trinajstić information content (AvgIpc) is 2.88. The number of aromatic carboxylic acids is 1. The second-order valence-electron chi connectivity index (χ2n) is 6.13. The molecule has 2 fully saturated rings. The molecule has 2 aliphatic rings. The van der Waals surface area contributed by atoms with Gasteiger partial charge in [-0.3, -0.25) is 0 Å². The van der Waals surface area contributed by atoms with Gasteiger partial charge in [0.05, 0.1) is 5.75 Å². The Bertz CT molecular complexity index is 684. The van der Waals surface area contributed by atoms with E-state index < -0.39 is 16.0 Å². The lowest BCUT2D eigenvalue weighted by Gasteiger charge is -2.34. The summed E-state index contributed by atoms with van der Waals surface area (Å²) in [5.41, 5.74) is 0.164. The standard InChI is InChI=1S/C15H21N3O4S/c19-15(20)13-3-1-8-16-14(13)17-11-4-6-12(7-5-11)18-9-2-10-23(18,21)22/h1,3,8,11-12H,2,4-7,9-10H2,(H,16,17)(H,19,20). The van der Waals surface area contributed by atoms with Gasteiger partial charge in [0.2, 0.25) is 10.0 Å². The molecule has 0 bridgehead atoms. The number of hydrogen-bond donors (Lipinski definition) is 2. The third-order valence-electron chi connectivity index (χ3n) is 4.62. The molecule has 1 aliphatic heterocycles. The molecular weight excluding hydrogens is 318 g/mol. The summed E-state index contributed by atoms with van der Waals surface area (Å²) >= 11 is 0. The Morgan fingerprint density at radius 3 is 2.65 bits per heavy atom. The van der Waals surface area contributed by atoms with Gasteiger partial charge in [-0.2, -0.15) is 4.31 Å². The topological polar surface area (TPSA) is 99.6 Å². The quantitative estimate of drug-likeness (QED) is 0.863. The molecule has 0 atom stereocenters. The SMILES string of the molecule is O=C(O)c1cccnc1NC1CCC(N2CCCS2(=O)=O)CC1. The largest absolute Gasteiger partial charge is 0.478 e. The molecule has 2 heterocycles. The van der Waals surface area contributed by atoms with Crippen molar-refractivity contribution >= 4 is 21.8 Å². The Balaban J connectivity index is 1.61. The number of nitrogens with one attached hydrogen (secondary N) is 1. The van der Waals surface area contributed by atoms with Crippen LogP contribution in [0.5, 0.6) is 0 Å². The van der Waals surface area contributed by atoms with Gasteiger partial charge in [0, 0.05) is 24.8 Å². The van der Waals surface area contributed by atoms with E-state index in [0.29, 0.717) is 12.4 Å². The van der Waals surface area contributed by atoms with Crippen LogP contribution in [-0.4, -0.2) is 53.2 Å². The van der Waals surface area contributed by atoms with Crippen molar-refractivity contribution < 1.29 is 18.3 Å². The lowest BCUT2D eigenvalue weighted by molar-refractivity contribution is 0.0697. The van der Waals surface area contributed by atoms with Crippen molar-refractivity contribution in [3.05, 3.63) is 23.9 Å². The first-order valence-electron chi connectivity index (χ1n) is 7.92. The molecule has 1 saturated carbocycles. The summed E-state index contributed by atoms with van der Waals surface area (Å²) in [4.78, 5) is 15.3. The first kappa shape index (κ1) is 16.2. The predicted octanol–water partition coefficient (Wildman–Crippen LogP) is 1.54. The zero-order valence-corrected chi connectivity index (χ0v) is 13.6. The van der Waals surface area contributed by atoms with Gasteiger partial charge in [0.25, 0.3) is 0 Å². The van der Waals surface area contributed by atoms with E-state index in [4.69, 9.17) is 0 Å². The molecule has 0 spiro atoms. The molecule has 1 aromatic rings. The van der Waals surface area contributed by atoms with Crippen molar-refractivity contribution in [1.29, 1.82) is 0 Å². The monoisotopic (exact) mass is 339 g/mol. The zero-order valence-electron chi connectivity index (χ0n) is 12.8. The van der Waals surface area contributed by atoms with Crippen LogP contribution < -0.4 is 5.32 Å². The number of carboxylic acids is 1. The van der Waals surface area contributed by atoms with Crippen LogP contribution in [0.4, 0.5) is 5.82 Å². The number of aromatic nitrogens is 1. The number of rotatable bonds is 4. The molecule has 0 unspecified atom stereocenters. The van der Waals surface area contributed by atoms with E-state index in [1.807, 2.05) is 0 Å². The molecule has 1 aromatic heterocycles. The summed E-state index contributed by atoms with van der Waals surface area (Å²) in [7, 11) is -3.06. The zero-order chi connectivity index (χ0) is 16.4. The molecule has 1 saturated heterocycles. The Labute approximate surface area is 135 Å². The van der Waals surface area contributed by atoms with Gasteiger partial charge in [0.15, 0.2) is 0 Å². The molecule has 0 aromatic carbocycles. The van der Waals surface area contributed by atoms with Gasteiger partial charge in [0.1, 0.15) is 11.4 Å². The number of carboxylic acid groups (broad SMARTS) is 1. The van der Waals surface area contributed by atoms with Gasteiger partial charge in [-0.25, -0.2) is 18.2 Å². The molecule has 126 valence electrons. The minimum atomic E-state index is -3.06. The number of carbonyl (C=O) groups is 1. The molecule has 23 heavy (non-hydrogen) atoms. The minimum Gasteiger partial charge on any atom is -0.478 e. The van der Waals surface area contributed by atoms with E-state index >= 15 is 0 Å². The first-order valence-corrected chi connectivity index (χ1v) is 9.52. The summed E-state index contributed by atoms with van der Waals surface area (Å²) in [5.74, 6) is -0.351. The molecule has 0 radical (unpaired) electrons. The summed E-state index contributed by atoms with van der Waals surface area (Å²) in [6.45, 7) is 0.633. The van der Waals surface area contributed by atoms with Gasteiger partial charge in [-0.1, -0.05) is 0 Å². The Morgan fingerprint density at radius 1 is 1.30 bits per heavy atom. The van der Waals surface area contributed by atoms with Crippen LogP contribution in [0.3, 0.4) is 0 Å². The molecule has 1 aliphatic carbocycles. The molecule has 2 N–H and O–H groups in total. The summed E-state index contributed by atoms with van der Waals surface area (Å²) in [5, 5.41) is 12.4. The van der Waals surface area contributed by atoms with Gasteiger partial charge in [-0.05, 0) is 44.2 Å². The van der Waals surface area contributed by atoms with Crippen molar-refractivity contribution in [2.75, 3.05) is 17.6 Å². The molecule has 8 heteroatoms. The maximum Gasteiger partial charge on any atom is 0.339 e. The fraction of sp³-hybridized carbons (Fsp3) is 0.600. The van der Waals surface area contributed by atoms with Crippen LogP contribution in [0.25, 0.3) is 0 Å². The lowest BCUT2D eigenvalue weighted by Crippen LogP contribution is -2.41. The maximum absolute atomic E-state index is 12.0. The van der Waals surface area contributed by atoms with Crippen LogP contribution in [0.2, 0.25) is 0 Å². The molecular formula is C15H21N3O4S. The fourth-order valence-electron chi connectivity index (χ4n) is 3.46. The second-order valence-corrected chi connectivity index (χ2v) is 8.18. The summed E-state index contributed by atoms with van der Waals surface area (Å²) < 4.78 is 25.6. The highest BCUT2D eigenvalue weighted by atomic mass is 32.2. The van der Waals surface area contributed by atoms with Gasteiger partial charge < -0.3 is 10.4 Å². The number of nitrogens with zero attached hydrogens (tertiary/aromatic N) is 2. The van der Waals surface area contributed by atoms with Crippen LogP contribution >= 0.6 is 0 Å². The van der Waals surface area contributed by atoms with Crippen molar-refractivity contribution in [3.63, 3.8) is 0 Å². The Morgan fingerprint density at radius 2 is 2.04 bits per heavy atom. The van der Waals surface area contributed by atoms with Gasteiger partial charge in [-0.15, -0.1) is 0 Å². The summed E-state index contributed by atoms with van der Waals surface area (Å²) in [6, 6.07) is 3.34. The first-order chi connectivity index (χ1) is 11.0. The minimum absolute atomic E-state index is 0.0863. The highest BCUT2D eigenvalue weighted by molar-refractivity contribution is 7.89. The fourth-order valence-corrected chi connectivity index (χ4v) is 5.26. The second kappa shape index (κ2) is 6.45. The van der Waals surface area contributed by atoms with Gasteiger partial charge >= 0.3 is 5.97 Å². The number of hydrogen-bond acceptors (Lipinski definition) is 5. The smallest absolute Gasteiger partial charge is 0.339 e. The molecule has 3 rings (SSSR count). The Kier molecular flexibility index (Phi) is 4.54. The predicted molar refractivity (Wildman–Crippen MR) is 86.0 cm³/mol. The van der Waals surface area contributed by atoms with Crippen molar-refractivity contribution in [2.24, 2.45) is 0 Å². The maximum atomic E-state index is 12.0. The average molecular weight is 339 g/mol. The van der Waals surface area contributed by atoms with E-state index in [9.17, 15) is 18.3 Å². The third-order valence-corrected chi connectivity index (χ3v) is 6.62. The third kappa shape index (κ3) is 3.48. The van der Waals surface area contributed by atoms with Crippen LogP contribution in [-0.2, 0) is 10.0 Å². The highest BCUT2D eigenvalue weighted by Gasteiger charge is 2.36. The molecule has 7 nitrogen and oxygen atoms in total. The van der Waals surface area contributed by atoms with E-state index in [-0.39, 0.29) is 23.4 Å². The van der Waals surface area contributed by atoms with E-state index in [1.54, 1.807) is 16.6 Å².